The number of ether oxygens (including phenoxy) is 1. The number of amides is 1. The number of nitrogens with one attached hydrogen (secondary N) is 1. The van der Waals surface area contributed by atoms with Gasteiger partial charge >= 0.3 is 5.97 Å². The van der Waals surface area contributed by atoms with Crippen LogP contribution in [-0.2, 0) is 20.7 Å². The number of aliphatic carboxylic acids is 1. The minimum absolute atomic E-state index is 0.0846. The third-order valence-electron chi connectivity index (χ3n) is 3.59. The smallest absolute Gasteiger partial charge is 0.326 e. The van der Waals surface area contributed by atoms with Crippen LogP contribution in [0.25, 0.3) is 0 Å². The Hall–Kier alpha value is -2.80. The van der Waals surface area contributed by atoms with E-state index in [4.69, 9.17) is 4.74 Å². The fraction of sp³-hybridized carbons (Fsp3) is 0.222. The van der Waals surface area contributed by atoms with Crippen LogP contribution in [0.4, 0.5) is 8.78 Å². The van der Waals surface area contributed by atoms with Gasteiger partial charge in [0.1, 0.15) is 17.7 Å². The molecule has 2 aromatic carbocycles. The van der Waals surface area contributed by atoms with Crippen LogP contribution in [-0.4, -0.2) is 30.1 Å². The highest BCUT2D eigenvalue weighted by Crippen LogP contribution is 2.18. The summed E-state index contributed by atoms with van der Waals surface area (Å²) in [5.74, 6) is -2.90. The first-order valence-electron chi connectivity index (χ1n) is 7.46. The molecule has 2 rings (SSSR count). The van der Waals surface area contributed by atoms with Gasteiger partial charge in [-0.15, -0.1) is 0 Å². The molecule has 2 atom stereocenters. The van der Waals surface area contributed by atoms with Gasteiger partial charge < -0.3 is 15.2 Å². The van der Waals surface area contributed by atoms with Crippen molar-refractivity contribution >= 4 is 11.9 Å². The zero-order chi connectivity index (χ0) is 18.4. The Bertz CT molecular complexity index is 749. The molecule has 2 N–H and O–H groups in total. The molecule has 25 heavy (non-hydrogen) atoms. The number of halogens is 2. The van der Waals surface area contributed by atoms with Crippen molar-refractivity contribution in [3.05, 3.63) is 71.3 Å². The second-order valence-electron chi connectivity index (χ2n) is 5.40. The van der Waals surface area contributed by atoms with Crippen LogP contribution in [0.15, 0.2) is 48.5 Å². The fourth-order valence-corrected chi connectivity index (χ4v) is 2.38. The maximum absolute atomic E-state index is 13.2. The molecule has 0 aromatic heterocycles. The normalized spacial score (nSPS) is 13.1. The van der Waals surface area contributed by atoms with Crippen molar-refractivity contribution in [2.24, 2.45) is 0 Å². The van der Waals surface area contributed by atoms with Crippen molar-refractivity contribution in [3.63, 3.8) is 0 Å². The molecular weight excluding hydrogens is 332 g/mol. The molecule has 132 valence electrons. The van der Waals surface area contributed by atoms with Gasteiger partial charge in [-0.1, -0.05) is 24.3 Å². The van der Waals surface area contributed by atoms with Gasteiger partial charge in [0, 0.05) is 13.5 Å². The van der Waals surface area contributed by atoms with Gasteiger partial charge in [-0.2, -0.15) is 0 Å². The van der Waals surface area contributed by atoms with Crippen molar-refractivity contribution < 1.29 is 28.2 Å². The Balaban J connectivity index is 2.13. The van der Waals surface area contributed by atoms with Gasteiger partial charge in [0.2, 0.25) is 0 Å². The topological polar surface area (TPSA) is 75.6 Å². The molecule has 0 radical (unpaired) electrons. The molecule has 0 aliphatic heterocycles. The maximum atomic E-state index is 13.2. The Kier molecular flexibility index (Phi) is 6.19. The molecule has 0 spiro atoms. The molecule has 0 bridgehead atoms. The number of hydrogen-bond donors (Lipinski definition) is 2. The Morgan fingerprint density at radius 2 is 1.80 bits per heavy atom. The first kappa shape index (κ1) is 18.5. The molecular formula is C18H17F2NO4. The summed E-state index contributed by atoms with van der Waals surface area (Å²) in [6.45, 7) is 0. The van der Waals surface area contributed by atoms with Crippen molar-refractivity contribution in [2.75, 3.05) is 7.11 Å². The summed E-state index contributed by atoms with van der Waals surface area (Å²) < 4.78 is 31.3. The molecule has 0 aliphatic rings. The third kappa shape index (κ3) is 5.09. The van der Waals surface area contributed by atoms with E-state index in [1.165, 1.54) is 49.6 Å². The number of hydrogen-bond acceptors (Lipinski definition) is 3. The van der Waals surface area contributed by atoms with Crippen molar-refractivity contribution in [1.29, 1.82) is 0 Å². The quantitative estimate of drug-likeness (QED) is 0.805. The first-order valence-corrected chi connectivity index (χ1v) is 7.46. The minimum Gasteiger partial charge on any atom is -0.480 e. The van der Waals surface area contributed by atoms with E-state index in [2.05, 4.69) is 5.32 Å². The largest absolute Gasteiger partial charge is 0.480 e. The molecule has 1 amide bonds. The number of rotatable bonds is 7. The number of carbonyl (C=O) groups excluding carboxylic acids is 1. The summed E-state index contributed by atoms with van der Waals surface area (Å²) in [5.41, 5.74) is 0.819. The standard InChI is InChI=1S/C18H17F2NO4/c1-25-16(12-5-7-13(19)8-6-12)17(22)21-15(18(23)24)10-11-3-2-4-14(20)9-11/h2-9,15-16H,10H2,1H3,(H,21,22)(H,23,24)/t15-,16?/m0/s1. The lowest BCUT2D eigenvalue weighted by molar-refractivity contribution is -0.144. The SMILES string of the molecule is COC(C(=O)N[C@@H](Cc1cccc(F)c1)C(=O)O)c1ccc(F)cc1. The lowest BCUT2D eigenvalue weighted by atomic mass is 10.0. The summed E-state index contributed by atoms with van der Waals surface area (Å²) in [6, 6.07) is 9.33. The second-order valence-corrected chi connectivity index (χ2v) is 5.40. The van der Waals surface area contributed by atoms with E-state index < -0.39 is 35.7 Å². The van der Waals surface area contributed by atoms with Crippen LogP contribution < -0.4 is 5.32 Å². The second kappa shape index (κ2) is 8.34. The highest BCUT2D eigenvalue weighted by molar-refractivity contribution is 5.87. The van der Waals surface area contributed by atoms with E-state index in [1.807, 2.05) is 0 Å². The minimum atomic E-state index is -1.26. The van der Waals surface area contributed by atoms with Crippen molar-refractivity contribution in [1.82, 2.24) is 5.32 Å². The van der Waals surface area contributed by atoms with Gasteiger partial charge in [-0.05, 0) is 35.4 Å². The molecule has 2 aromatic rings. The lowest BCUT2D eigenvalue weighted by Gasteiger charge is -2.20. The number of carboxylic acids is 1. The molecule has 0 saturated heterocycles. The van der Waals surface area contributed by atoms with Crippen molar-refractivity contribution in [3.8, 4) is 0 Å². The van der Waals surface area contributed by atoms with Crippen LogP contribution >= 0.6 is 0 Å². The Morgan fingerprint density at radius 1 is 1.12 bits per heavy atom. The number of carbonyl (C=O) groups is 2. The average molecular weight is 349 g/mol. The van der Waals surface area contributed by atoms with Crippen LogP contribution in [0.2, 0.25) is 0 Å². The third-order valence-corrected chi connectivity index (χ3v) is 3.59. The van der Waals surface area contributed by atoms with Crippen LogP contribution in [0.3, 0.4) is 0 Å². The van der Waals surface area contributed by atoms with E-state index in [1.54, 1.807) is 6.07 Å². The molecule has 0 aliphatic carbocycles. The number of carboxylic acid groups (broad SMARTS) is 1. The highest BCUT2D eigenvalue weighted by Gasteiger charge is 2.26. The van der Waals surface area contributed by atoms with Crippen LogP contribution in [0.1, 0.15) is 17.2 Å². The number of benzene rings is 2. The molecule has 0 saturated carbocycles. The maximum Gasteiger partial charge on any atom is 0.326 e. The van der Waals surface area contributed by atoms with E-state index in [0.717, 1.165) is 0 Å². The molecule has 0 heterocycles. The van der Waals surface area contributed by atoms with Gasteiger partial charge in [0.05, 0.1) is 0 Å². The zero-order valence-corrected chi connectivity index (χ0v) is 13.4. The zero-order valence-electron chi connectivity index (χ0n) is 13.4. The van der Waals surface area contributed by atoms with E-state index >= 15 is 0 Å². The predicted molar refractivity (Wildman–Crippen MR) is 85.8 cm³/mol. The summed E-state index contributed by atoms with van der Waals surface area (Å²) in [4.78, 5) is 23.8. The molecule has 7 heteroatoms. The first-order chi connectivity index (χ1) is 11.9. The summed E-state index contributed by atoms with van der Waals surface area (Å²) in [7, 11) is 1.29. The summed E-state index contributed by atoms with van der Waals surface area (Å²) in [5, 5.41) is 11.7. The van der Waals surface area contributed by atoms with E-state index in [9.17, 15) is 23.5 Å². The Morgan fingerprint density at radius 3 is 2.36 bits per heavy atom. The van der Waals surface area contributed by atoms with Gasteiger partial charge in [0.25, 0.3) is 5.91 Å². The fourth-order valence-electron chi connectivity index (χ4n) is 2.38. The average Bonchev–Trinajstić information content (AvgIpc) is 2.56. The van der Waals surface area contributed by atoms with Gasteiger partial charge in [-0.3, -0.25) is 4.79 Å². The molecule has 0 fully saturated rings. The summed E-state index contributed by atoms with van der Waals surface area (Å²) >= 11 is 0. The number of methoxy groups -OCH3 is 1. The predicted octanol–water partition coefficient (Wildman–Crippen LogP) is 2.46. The van der Waals surface area contributed by atoms with Gasteiger partial charge in [-0.25, -0.2) is 13.6 Å². The van der Waals surface area contributed by atoms with Gasteiger partial charge in [0.15, 0.2) is 6.10 Å². The van der Waals surface area contributed by atoms with E-state index in [0.29, 0.717) is 11.1 Å². The molecule has 5 nitrogen and oxygen atoms in total. The van der Waals surface area contributed by atoms with E-state index in [-0.39, 0.29) is 6.42 Å². The lowest BCUT2D eigenvalue weighted by Crippen LogP contribution is -2.44. The molecule has 1 unspecified atom stereocenters. The Labute approximate surface area is 143 Å². The highest BCUT2D eigenvalue weighted by atomic mass is 19.1. The van der Waals surface area contributed by atoms with Crippen LogP contribution in [0.5, 0.6) is 0 Å². The monoisotopic (exact) mass is 349 g/mol. The van der Waals surface area contributed by atoms with Crippen LogP contribution in [0, 0.1) is 11.6 Å². The van der Waals surface area contributed by atoms with Crippen molar-refractivity contribution in [2.45, 2.75) is 18.6 Å². The summed E-state index contributed by atoms with van der Waals surface area (Å²) in [6.07, 6.45) is -1.17.